The van der Waals surface area contributed by atoms with Gasteiger partial charge in [-0.3, -0.25) is 9.59 Å². The molecule has 5 heteroatoms. The van der Waals surface area contributed by atoms with Crippen molar-refractivity contribution in [2.24, 2.45) is 0 Å². The topological polar surface area (TPSA) is 57.6 Å². The van der Waals surface area contributed by atoms with E-state index in [0.717, 1.165) is 5.56 Å². The van der Waals surface area contributed by atoms with Crippen molar-refractivity contribution in [3.63, 3.8) is 0 Å². The van der Waals surface area contributed by atoms with Gasteiger partial charge in [0, 0.05) is 25.1 Å². The second kappa shape index (κ2) is 6.21. The van der Waals surface area contributed by atoms with Gasteiger partial charge in [0.15, 0.2) is 5.12 Å². The number of rotatable bonds is 4. The molecule has 1 aromatic carbocycles. The maximum Gasteiger partial charge on any atom is 0.224 e. The lowest BCUT2D eigenvalue weighted by atomic mass is 10.1. The van der Waals surface area contributed by atoms with E-state index in [1.165, 1.54) is 18.7 Å². The molecule has 2 atom stereocenters. The summed E-state index contributed by atoms with van der Waals surface area (Å²) in [5.41, 5.74) is 0.923. The summed E-state index contributed by atoms with van der Waals surface area (Å²) in [5, 5.41) is 9.59. The predicted molar refractivity (Wildman–Crippen MR) is 74.7 cm³/mol. The molecule has 0 spiro atoms. The van der Waals surface area contributed by atoms with Crippen molar-refractivity contribution < 1.29 is 14.7 Å². The highest BCUT2D eigenvalue weighted by atomic mass is 32.2. The van der Waals surface area contributed by atoms with E-state index in [2.05, 4.69) is 0 Å². The number of hydrogen-bond donors (Lipinski definition) is 1. The Balaban J connectivity index is 2.12. The lowest BCUT2D eigenvalue weighted by Gasteiger charge is -2.26. The minimum absolute atomic E-state index is 0.00153. The van der Waals surface area contributed by atoms with Crippen LogP contribution in [0.3, 0.4) is 0 Å². The van der Waals surface area contributed by atoms with Crippen LogP contribution in [0.15, 0.2) is 30.3 Å². The Morgan fingerprint density at radius 3 is 2.74 bits per heavy atom. The van der Waals surface area contributed by atoms with Crippen molar-refractivity contribution in [1.82, 2.24) is 4.90 Å². The number of thioether (sulfide) groups is 1. The molecule has 0 aromatic heterocycles. The minimum atomic E-state index is -0.314. The second-order valence-corrected chi connectivity index (χ2v) is 6.07. The summed E-state index contributed by atoms with van der Waals surface area (Å²) in [5.74, 6) is 0.00153. The molecule has 2 rings (SSSR count). The average Bonchev–Trinajstić information content (AvgIpc) is 2.72. The number of aliphatic hydroxyl groups is 1. The van der Waals surface area contributed by atoms with Gasteiger partial charge in [0.25, 0.3) is 0 Å². The zero-order valence-electron chi connectivity index (χ0n) is 10.8. The Labute approximate surface area is 116 Å². The number of carbonyl (C=O) groups excluding carboxylic acids is 2. The molecule has 2 unspecified atom stereocenters. The van der Waals surface area contributed by atoms with Crippen LogP contribution < -0.4 is 0 Å². The van der Waals surface area contributed by atoms with Gasteiger partial charge in [-0.2, -0.15) is 0 Å². The van der Waals surface area contributed by atoms with Gasteiger partial charge in [0.1, 0.15) is 0 Å². The van der Waals surface area contributed by atoms with Crippen LogP contribution in [0.2, 0.25) is 0 Å². The van der Waals surface area contributed by atoms with Crippen LogP contribution in [0.5, 0.6) is 0 Å². The quantitative estimate of drug-likeness (QED) is 0.909. The van der Waals surface area contributed by atoms with Gasteiger partial charge in [-0.25, -0.2) is 0 Å². The molecule has 102 valence electrons. The van der Waals surface area contributed by atoms with Gasteiger partial charge in [-0.1, -0.05) is 42.1 Å². The highest BCUT2D eigenvalue weighted by Gasteiger charge is 2.35. The Hall–Kier alpha value is -1.33. The third kappa shape index (κ3) is 3.36. The molecule has 1 fully saturated rings. The first-order valence-electron chi connectivity index (χ1n) is 6.24. The summed E-state index contributed by atoms with van der Waals surface area (Å²) in [4.78, 5) is 24.8. The molecular formula is C14H17NO3S. The highest BCUT2D eigenvalue weighted by molar-refractivity contribution is 8.14. The number of benzene rings is 1. The highest BCUT2D eigenvalue weighted by Crippen LogP contribution is 2.31. The molecule has 1 aliphatic rings. The summed E-state index contributed by atoms with van der Waals surface area (Å²) in [6, 6.07) is 9.17. The summed E-state index contributed by atoms with van der Waals surface area (Å²) in [6.07, 6.45) is 0.369. The molecule has 0 radical (unpaired) electrons. The largest absolute Gasteiger partial charge is 0.394 e. The Morgan fingerprint density at radius 2 is 2.16 bits per heavy atom. The molecule has 0 bridgehead atoms. The van der Waals surface area contributed by atoms with Crippen LogP contribution >= 0.6 is 11.8 Å². The summed E-state index contributed by atoms with van der Waals surface area (Å²) < 4.78 is 0. The van der Waals surface area contributed by atoms with E-state index in [1.54, 1.807) is 4.90 Å². The maximum absolute atomic E-state index is 12.0. The van der Waals surface area contributed by atoms with Gasteiger partial charge in [-0.05, 0) is 5.56 Å². The van der Waals surface area contributed by atoms with E-state index in [1.807, 2.05) is 30.3 Å². The van der Waals surface area contributed by atoms with Gasteiger partial charge >= 0.3 is 0 Å². The zero-order chi connectivity index (χ0) is 13.8. The third-order valence-corrected chi connectivity index (χ3v) is 4.17. The Kier molecular flexibility index (Phi) is 4.61. The average molecular weight is 279 g/mol. The van der Waals surface area contributed by atoms with E-state index >= 15 is 0 Å². The fraction of sp³-hybridized carbons (Fsp3) is 0.429. The molecule has 1 aliphatic heterocycles. The van der Waals surface area contributed by atoms with Crippen molar-refractivity contribution in [3.8, 4) is 0 Å². The van der Waals surface area contributed by atoms with Gasteiger partial charge in [0.05, 0.1) is 12.6 Å². The van der Waals surface area contributed by atoms with Crippen LogP contribution in [-0.2, 0) is 9.59 Å². The van der Waals surface area contributed by atoms with Crippen molar-refractivity contribution in [2.75, 3.05) is 13.2 Å². The molecule has 0 aliphatic carbocycles. The van der Waals surface area contributed by atoms with Crippen molar-refractivity contribution >= 4 is 22.8 Å². The van der Waals surface area contributed by atoms with Crippen LogP contribution in [0.25, 0.3) is 0 Å². The number of hydrogen-bond acceptors (Lipinski definition) is 4. The molecule has 19 heavy (non-hydrogen) atoms. The number of likely N-dealkylation sites (tertiary alicyclic amines) is 1. The molecule has 1 N–H and O–H groups in total. The minimum Gasteiger partial charge on any atom is -0.394 e. The van der Waals surface area contributed by atoms with Crippen molar-refractivity contribution in [2.45, 2.75) is 24.6 Å². The van der Waals surface area contributed by atoms with E-state index in [9.17, 15) is 14.7 Å². The predicted octanol–water partition coefficient (Wildman–Crippen LogP) is 1.60. The van der Waals surface area contributed by atoms with Crippen LogP contribution in [0.1, 0.15) is 24.9 Å². The second-order valence-electron chi connectivity index (χ2n) is 4.59. The first-order valence-corrected chi connectivity index (χ1v) is 7.12. The molecule has 1 heterocycles. The van der Waals surface area contributed by atoms with E-state index in [4.69, 9.17) is 0 Å². The molecular weight excluding hydrogens is 262 g/mol. The lowest BCUT2D eigenvalue weighted by Crippen LogP contribution is -2.32. The monoisotopic (exact) mass is 279 g/mol. The van der Waals surface area contributed by atoms with Gasteiger partial charge in [0.2, 0.25) is 5.91 Å². The maximum atomic E-state index is 12.0. The van der Waals surface area contributed by atoms with Crippen LogP contribution in [0, 0.1) is 0 Å². The number of nitrogens with zero attached hydrogens (tertiary/aromatic N) is 1. The molecule has 4 nitrogen and oxygen atoms in total. The Morgan fingerprint density at radius 1 is 1.47 bits per heavy atom. The normalized spacial score (nSPS) is 20.6. The first-order chi connectivity index (χ1) is 9.11. The summed E-state index contributed by atoms with van der Waals surface area (Å²) >= 11 is 1.21. The lowest BCUT2D eigenvalue weighted by molar-refractivity contribution is -0.130. The fourth-order valence-electron chi connectivity index (χ4n) is 2.37. The molecule has 1 saturated heterocycles. The number of carbonyl (C=O) groups is 2. The number of aliphatic hydroxyl groups excluding tert-OH is 1. The summed E-state index contributed by atoms with van der Waals surface area (Å²) in [7, 11) is 0. The van der Waals surface area contributed by atoms with Crippen molar-refractivity contribution in [1.29, 1.82) is 0 Å². The third-order valence-electron chi connectivity index (χ3n) is 3.19. The van der Waals surface area contributed by atoms with Gasteiger partial charge < -0.3 is 10.0 Å². The molecule has 0 saturated carbocycles. The summed E-state index contributed by atoms with van der Waals surface area (Å²) in [6.45, 7) is 1.93. The van der Waals surface area contributed by atoms with E-state index in [-0.39, 0.29) is 28.9 Å². The van der Waals surface area contributed by atoms with E-state index < -0.39 is 0 Å². The van der Waals surface area contributed by atoms with Crippen molar-refractivity contribution in [3.05, 3.63) is 35.9 Å². The number of amides is 1. The van der Waals surface area contributed by atoms with Crippen LogP contribution in [-0.4, -0.2) is 39.4 Å². The standard InChI is InChI=1S/C14H17NO3S/c1-10(17)19-12-7-14(18)15(8-12)13(9-16)11-5-3-2-4-6-11/h2-6,12-13,16H,7-9H2,1H3. The molecule has 1 aromatic rings. The first kappa shape index (κ1) is 14.1. The van der Waals surface area contributed by atoms with Gasteiger partial charge in [-0.15, -0.1) is 0 Å². The smallest absolute Gasteiger partial charge is 0.224 e. The fourth-order valence-corrected chi connectivity index (χ4v) is 3.30. The Bertz CT molecular complexity index is 463. The van der Waals surface area contributed by atoms with E-state index in [0.29, 0.717) is 13.0 Å². The SMILES string of the molecule is CC(=O)SC1CC(=O)N(C(CO)c2ccccc2)C1. The van der Waals surface area contributed by atoms with Crippen LogP contribution in [0.4, 0.5) is 0 Å². The molecule has 1 amide bonds. The zero-order valence-corrected chi connectivity index (χ0v) is 11.6.